The highest BCUT2D eigenvalue weighted by atomic mass is 16.6. The predicted molar refractivity (Wildman–Crippen MR) is 293 cm³/mol. The molecule has 0 amide bonds. The summed E-state index contributed by atoms with van der Waals surface area (Å²) in [4.78, 5) is 38.1. The Bertz CT molecular complexity index is 1230. The maximum atomic E-state index is 12.8. The van der Waals surface area contributed by atoms with Crippen molar-refractivity contribution in [2.24, 2.45) is 0 Å². The van der Waals surface area contributed by atoms with Gasteiger partial charge in [-0.15, -0.1) is 0 Å². The highest BCUT2D eigenvalue weighted by Crippen LogP contribution is 2.16. The number of allylic oxidation sites excluding steroid dienone is 10. The van der Waals surface area contributed by atoms with E-state index in [4.69, 9.17) is 14.2 Å². The number of hydrogen-bond acceptors (Lipinski definition) is 6. The van der Waals surface area contributed by atoms with E-state index in [1.54, 1.807) is 0 Å². The molecule has 0 N–H and O–H groups in total. The minimum Gasteiger partial charge on any atom is -0.462 e. The number of esters is 3. The number of unbranched alkanes of at least 4 members (excludes halogenated alkanes) is 32. The van der Waals surface area contributed by atoms with E-state index in [1.807, 2.05) is 0 Å². The number of rotatable bonds is 53. The summed E-state index contributed by atoms with van der Waals surface area (Å²) in [5.74, 6) is -0.877. The molecule has 1 atom stereocenters. The van der Waals surface area contributed by atoms with Gasteiger partial charge in [-0.25, -0.2) is 0 Å². The van der Waals surface area contributed by atoms with Gasteiger partial charge in [-0.3, -0.25) is 14.4 Å². The van der Waals surface area contributed by atoms with Gasteiger partial charge < -0.3 is 14.2 Å². The van der Waals surface area contributed by atoms with E-state index in [1.165, 1.54) is 167 Å². The summed E-state index contributed by atoms with van der Waals surface area (Å²) in [5.41, 5.74) is 0. The molecular formula is C62H110O6. The quantitative estimate of drug-likeness (QED) is 0.0262. The Morgan fingerprint density at radius 3 is 0.912 bits per heavy atom. The first kappa shape index (κ1) is 65.1. The molecule has 0 aromatic carbocycles. The minimum atomic E-state index is -0.778. The standard InChI is InChI=1S/C62H110O6/c1-4-7-10-13-16-19-22-25-27-28-29-30-31-32-33-34-36-37-40-43-46-49-52-55-61(64)67-58-59(57-66-60(63)54-51-48-45-42-39-24-21-18-15-12-9-6-3)68-62(65)56-53-50-47-44-41-38-35-26-23-20-17-14-11-8-5-2/h7,10,16,19,25-27,29-30,35,59H,4-6,8-9,11-15,17-18,20-24,28,31-34,36-58H2,1-3H3/b10-7-,19-16-,27-25-,30-29-,35-26-. The fraction of sp³-hybridized carbons (Fsp3) is 0.790. The molecule has 0 radical (unpaired) electrons. The van der Waals surface area contributed by atoms with Crippen LogP contribution in [-0.2, 0) is 28.6 Å². The van der Waals surface area contributed by atoms with Crippen molar-refractivity contribution in [3.05, 3.63) is 60.8 Å². The lowest BCUT2D eigenvalue weighted by molar-refractivity contribution is -0.167. The topological polar surface area (TPSA) is 78.9 Å². The van der Waals surface area contributed by atoms with Crippen LogP contribution in [0.1, 0.15) is 297 Å². The van der Waals surface area contributed by atoms with Crippen LogP contribution in [-0.4, -0.2) is 37.2 Å². The van der Waals surface area contributed by atoms with Gasteiger partial charge in [0.05, 0.1) is 0 Å². The second-order valence-electron chi connectivity index (χ2n) is 19.5. The number of carbonyl (C=O) groups is 3. The smallest absolute Gasteiger partial charge is 0.306 e. The van der Waals surface area contributed by atoms with E-state index in [0.717, 1.165) is 89.9 Å². The minimum absolute atomic E-state index is 0.0756. The summed E-state index contributed by atoms with van der Waals surface area (Å²) >= 11 is 0. The Hall–Kier alpha value is -2.89. The molecule has 0 spiro atoms. The maximum absolute atomic E-state index is 12.8. The fourth-order valence-corrected chi connectivity index (χ4v) is 8.37. The van der Waals surface area contributed by atoms with Crippen molar-refractivity contribution in [2.75, 3.05) is 13.2 Å². The van der Waals surface area contributed by atoms with E-state index in [0.29, 0.717) is 19.3 Å². The third-order valence-electron chi connectivity index (χ3n) is 12.8. The average molecular weight is 952 g/mol. The van der Waals surface area contributed by atoms with E-state index >= 15 is 0 Å². The Kier molecular flexibility index (Phi) is 54.3. The Labute approximate surface area is 421 Å². The molecule has 6 nitrogen and oxygen atoms in total. The molecule has 0 rings (SSSR count). The van der Waals surface area contributed by atoms with Gasteiger partial charge in [0.1, 0.15) is 13.2 Å². The monoisotopic (exact) mass is 951 g/mol. The third kappa shape index (κ3) is 54.1. The highest BCUT2D eigenvalue weighted by molar-refractivity contribution is 5.71. The van der Waals surface area contributed by atoms with Crippen molar-refractivity contribution in [1.82, 2.24) is 0 Å². The van der Waals surface area contributed by atoms with Crippen LogP contribution in [0.2, 0.25) is 0 Å². The highest BCUT2D eigenvalue weighted by Gasteiger charge is 2.19. The SMILES string of the molecule is CC/C=C\C/C=C\C/C=C\C/C=C\CCCCCCCCCCCCC(=O)OCC(COC(=O)CCCCCCCCCCCCCC)OC(=O)CCCCCCC/C=C\CCCCCCCC. The van der Waals surface area contributed by atoms with E-state index in [9.17, 15) is 14.4 Å². The van der Waals surface area contributed by atoms with E-state index in [2.05, 4.69) is 81.5 Å². The van der Waals surface area contributed by atoms with Crippen LogP contribution in [0.15, 0.2) is 60.8 Å². The van der Waals surface area contributed by atoms with E-state index < -0.39 is 6.10 Å². The second kappa shape index (κ2) is 56.7. The van der Waals surface area contributed by atoms with Gasteiger partial charge in [0.2, 0.25) is 0 Å². The zero-order valence-corrected chi connectivity index (χ0v) is 45.1. The van der Waals surface area contributed by atoms with Crippen LogP contribution in [0, 0.1) is 0 Å². The molecule has 394 valence electrons. The van der Waals surface area contributed by atoms with Crippen LogP contribution in [0.4, 0.5) is 0 Å². The Morgan fingerprint density at radius 1 is 0.309 bits per heavy atom. The average Bonchev–Trinajstić information content (AvgIpc) is 3.34. The summed E-state index contributed by atoms with van der Waals surface area (Å²) in [5, 5.41) is 0. The molecule has 0 aliphatic heterocycles. The molecule has 0 aromatic heterocycles. The summed E-state index contributed by atoms with van der Waals surface area (Å²) in [6, 6.07) is 0. The zero-order chi connectivity index (χ0) is 49.3. The molecule has 0 saturated carbocycles. The molecule has 0 saturated heterocycles. The Morgan fingerprint density at radius 2 is 0.574 bits per heavy atom. The summed E-state index contributed by atoms with van der Waals surface area (Å²) < 4.78 is 16.9. The molecule has 0 bridgehead atoms. The van der Waals surface area contributed by atoms with Crippen molar-refractivity contribution >= 4 is 17.9 Å². The maximum Gasteiger partial charge on any atom is 0.306 e. The molecule has 6 heteroatoms. The third-order valence-corrected chi connectivity index (χ3v) is 12.8. The van der Waals surface area contributed by atoms with Crippen LogP contribution >= 0.6 is 0 Å². The van der Waals surface area contributed by atoms with Gasteiger partial charge in [0.15, 0.2) is 6.10 Å². The number of hydrogen-bond donors (Lipinski definition) is 0. The van der Waals surface area contributed by atoms with Crippen molar-refractivity contribution in [1.29, 1.82) is 0 Å². The number of ether oxygens (including phenoxy) is 3. The first-order valence-electron chi connectivity index (χ1n) is 29.3. The second-order valence-corrected chi connectivity index (χ2v) is 19.5. The van der Waals surface area contributed by atoms with Crippen molar-refractivity contribution in [3.8, 4) is 0 Å². The summed E-state index contributed by atoms with van der Waals surface area (Å²) in [7, 11) is 0. The molecule has 0 aliphatic rings. The normalized spacial score (nSPS) is 12.5. The molecule has 0 aliphatic carbocycles. The fourth-order valence-electron chi connectivity index (χ4n) is 8.37. The first-order valence-corrected chi connectivity index (χ1v) is 29.3. The van der Waals surface area contributed by atoms with Crippen LogP contribution < -0.4 is 0 Å². The van der Waals surface area contributed by atoms with Crippen molar-refractivity contribution < 1.29 is 28.6 Å². The van der Waals surface area contributed by atoms with Gasteiger partial charge in [-0.1, -0.05) is 255 Å². The van der Waals surface area contributed by atoms with Gasteiger partial charge in [-0.05, 0) is 83.5 Å². The molecule has 0 aromatic rings. The zero-order valence-electron chi connectivity index (χ0n) is 45.1. The molecule has 1 unspecified atom stereocenters. The van der Waals surface area contributed by atoms with Gasteiger partial charge in [0.25, 0.3) is 0 Å². The van der Waals surface area contributed by atoms with Gasteiger partial charge >= 0.3 is 17.9 Å². The Balaban J connectivity index is 4.30. The lowest BCUT2D eigenvalue weighted by atomic mass is 10.0. The van der Waals surface area contributed by atoms with Crippen LogP contribution in [0.5, 0.6) is 0 Å². The largest absolute Gasteiger partial charge is 0.462 e. The summed E-state index contributed by atoms with van der Waals surface area (Å²) in [6.07, 6.45) is 70.7. The predicted octanol–water partition coefficient (Wildman–Crippen LogP) is 19.6. The van der Waals surface area contributed by atoms with Crippen LogP contribution in [0.25, 0.3) is 0 Å². The number of carbonyl (C=O) groups excluding carboxylic acids is 3. The van der Waals surface area contributed by atoms with Gasteiger partial charge in [-0.2, -0.15) is 0 Å². The van der Waals surface area contributed by atoms with Crippen molar-refractivity contribution in [3.63, 3.8) is 0 Å². The lowest BCUT2D eigenvalue weighted by Gasteiger charge is -2.18. The molecule has 0 fully saturated rings. The summed E-state index contributed by atoms with van der Waals surface area (Å²) in [6.45, 7) is 6.54. The van der Waals surface area contributed by atoms with Crippen LogP contribution in [0.3, 0.4) is 0 Å². The lowest BCUT2D eigenvalue weighted by Crippen LogP contribution is -2.30. The molecule has 0 heterocycles. The first-order chi connectivity index (χ1) is 33.5. The molecular weight excluding hydrogens is 841 g/mol. The van der Waals surface area contributed by atoms with E-state index in [-0.39, 0.29) is 31.1 Å². The van der Waals surface area contributed by atoms with Crippen molar-refractivity contribution in [2.45, 2.75) is 303 Å². The molecule has 68 heavy (non-hydrogen) atoms. The van der Waals surface area contributed by atoms with Gasteiger partial charge in [0, 0.05) is 19.3 Å².